The van der Waals surface area contributed by atoms with Crippen LogP contribution in [0.5, 0.6) is 0 Å². The largest absolute Gasteiger partial charge is 0.444 e. The number of hydrogen-bond acceptors (Lipinski definition) is 9. The predicted molar refractivity (Wildman–Crippen MR) is 189 cm³/mol. The van der Waals surface area contributed by atoms with Crippen molar-refractivity contribution < 1.29 is 37.8 Å². The number of ether oxygens (including phenoxy) is 1. The van der Waals surface area contributed by atoms with Gasteiger partial charge >= 0.3 is 6.09 Å². The number of imidazole rings is 1. The fourth-order valence-corrected chi connectivity index (χ4v) is 7.20. The Hall–Kier alpha value is -3.53. The van der Waals surface area contributed by atoms with E-state index in [1.54, 1.807) is 27.7 Å². The second kappa shape index (κ2) is 19.8. The van der Waals surface area contributed by atoms with Gasteiger partial charge in [0, 0.05) is 37.7 Å². The maximum Gasteiger partial charge on any atom is 0.408 e. The number of hydrogen-bond donors (Lipinski definition) is 7. The first-order chi connectivity index (χ1) is 23.6. The van der Waals surface area contributed by atoms with Crippen molar-refractivity contribution in [2.45, 2.75) is 128 Å². The van der Waals surface area contributed by atoms with E-state index in [1.165, 1.54) is 12.5 Å². The monoisotopic (exact) mass is 720 g/mol. The number of aliphatic hydroxyl groups is 2. The molecule has 1 aliphatic rings. The lowest BCUT2D eigenvalue weighted by Crippen LogP contribution is -2.58. The van der Waals surface area contributed by atoms with Gasteiger partial charge in [-0.25, -0.2) is 22.9 Å². The van der Waals surface area contributed by atoms with E-state index in [0.29, 0.717) is 18.5 Å². The molecule has 3 rings (SSSR count). The molecule has 1 aliphatic carbocycles. The Labute approximate surface area is 296 Å². The van der Waals surface area contributed by atoms with Gasteiger partial charge in [-0.3, -0.25) is 9.59 Å². The number of alkyl carbamates (subject to hydrolysis) is 1. The predicted octanol–water partition coefficient (Wildman–Crippen LogP) is 2.47. The number of rotatable bonds is 19. The van der Waals surface area contributed by atoms with Crippen molar-refractivity contribution >= 4 is 27.9 Å². The lowest BCUT2D eigenvalue weighted by Gasteiger charge is -2.32. The number of aromatic amines is 1. The Bertz CT molecular complexity index is 1430. The number of carbonyl (C=O) groups is 3. The number of aliphatic hydroxyl groups excluding tert-OH is 2. The lowest BCUT2D eigenvalue weighted by molar-refractivity contribution is -0.131. The van der Waals surface area contributed by atoms with Crippen molar-refractivity contribution in [1.29, 1.82) is 0 Å². The molecule has 280 valence electrons. The van der Waals surface area contributed by atoms with E-state index >= 15 is 0 Å². The Morgan fingerprint density at radius 3 is 2.26 bits per heavy atom. The van der Waals surface area contributed by atoms with Crippen LogP contribution in [0.15, 0.2) is 42.9 Å². The number of amides is 3. The van der Waals surface area contributed by atoms with E-state index in [9.17, 15) is 33.0 Å². The van der Waals surface area contributed by atoms with Crippen molar-refractivity contribution in [2.24, 2.45) is 5.92 Å². The second-order valence-corrected chi connectivity index (χ2v) is 16.1. The van der Waals surface area contributed by atoms with Crippen LogP contribution in [0.25, 0.3) is 0 Å². The standard InChI is InChI=1S/C35H56N6O8S/c1-5-16-50(47,48)38-22-27(42)20-31(43)28(17-24-12-8-6-9-13-24)39-33(45)30(19-26-21-36-23-37-26)40-32(44)29(18-25-14-10-7-11-15-25)41-34(46)49-35(2,3)4/h7,10-11,14-15,21,23-24,27-31,38,42-43H,5-6,8-9,12-13,16-20,22H2,1-4H3,(H,36,37)(H,39,45)(H,40,44)(H,41,46)/t27-,28+,29+,30+,31+/m1/s1. The van der Waals surface area contributed by atoms with Crippen LogP contribution >= 0.6 is 0 Å². The smallest absolute Gasteiger partial charge is 0.408 e. The van der Waals surface area contributed by atoms with Crippen LogP contribution in [0.4, 0.5) is 4.79 Å². The number of nitrogens with one attached hydrogen (secondary N) is 5. The maximum absolute atomic E-state index is 14.0. The molecular weight excluding hydrogens is 664 g/mol. The van der Waals surface area contributed by atoms with Gasteiger partial charge in [0.05, 0.1) is 30.3 Å². The number of aromatic nitrogens is 2. The van der Waals surface area contributed by atoms with E-state index in [4.69, 9.17) is 4.74 Å². The summed E-state index contributed by atoms with van der Waals surface area (Å²) in [4.78, 5) is 47.6. The van der Waals surface area contributed by atoms with Crippen LogP contribution in [-0.4, -0.2) is 94.7 Å². The van der Waals surface area contributed by atoms with Crippen molar-refractivity contribution in [2.75, 3.05) is 12.3 Å². The average Bonchev–Trinajstić information content (AvgIpc) is 3.56. The van der Waals surface area contributed by atoms with Gasteiger partial charge in [0.15, 0.2) is 0 Å². The molecule has 0 saturated heterocycles. The number of nitrogens with zero attached hydrogens (tertiary/aromatic N) is 1. The highest BCUT2D eigenvalue weighted by atomic mass is 32.2. The molecule has 1 aromatic heterocycles. The first kappa shape index (κ1) is 40.9. The zero-order chi connectivity index (χ0) is 36.7. The van der Waals surface area contributed by atoms with E-state index in [0.717, 1.165) is 37.7 Å². The van der Waals surface area contributed by atoms with Crippen molar-refractivity contribution in [1.82, 2.24) is 30.6 Å². The van der Waals surface area contributed by atoms with Gasteiger partial charge in [-0.1, -0.05) is 69.4 Å². The van der Waals surface area contributed by atoms with Gasteiger partial charge in [0.25, 0.3) is 0 Å². The Morgan fingerprint density at radius 2 is 1.64 bits per heavy atom. The van der Waals surface area contributed by atoms with E-state index in [-0.39, 0.29) is 37.5 Å². The molecule has 14 nitrogen and oxygen atoms in total. The lowest BCUT2D eigenvalue weighted by atomic mass is 9.83. The molecule has 50 heavy (non-hydrogen) atoms. The van der Waals surface area contributed by atoms with Crippen LogP contribution in [0, 0.1) is 5.92 Å². The fourth-order valence-electron chi connectivity index (χ4n) is 6.07. The second-order valence-electron chi connectivity index (χ2n) is 14.2. The highest BCUT2D eigenvalue weighted by Gasteiger charge is 2.33. The molecule has 0 bridgehead atoms. The topological polar surface area (TPSA) is 212 Å². The van der Waals surface area contributed by atoms with Gasteiger partial charge in [0.2, 0.25) is 21.8 Å². The Balaban J connectivity index is 1.81. The summed E-state index contributed by atoms with van der Waals surface area (Å²) in [7, 11) is -3.56. The van der Waals surface area contributed by atoms with Gasteiger partial charge < -0.3 is 35.9 Å². The first-order valence-corrected chi connectivity index (χ1v) is 19.2. The third-order valence-corrected chi connectivity index (χ3v) is 10.1. The Morgan fingerprint density at radius 1 is 0.980 bits per heavy atom. The molecule has 2 aromatic rings. The molecule has 5 atom stereocenters. The van der Waals surface area contributed by atoms with Crippen LogP contribution in [0.3, 0.4) is 0 Å². The third kappa shape index (κ3) is 15.2. The number of sulfonamides is 1. The molecule has 0 radical (unpaired) electrons. The number of H-pyrrole nitrogens is 1. The van der Waals surface area contributed by atoms with Crippen LogP contribution in [-0.2, 0) is 37.2 Å². The fraction of sp³-hybridized carbons (Fsp3) is 0.657. The van der Waals surface area contributed by atoms with Gasteiger partial charge in [0.1, 0.15) is 17.7 Å². The summed E-state index contributed by atoms with van der Waals surface area (Å²) in [5, 5.41) is 30.4. The SMILES string of the molecule is CCCS(=O)(=O)NC[C@H](O)C[C@H](O)[C@H](CC1CCCCC1)NC(=O)[C@H](Cc1cnc[nH]1)NC(=O)[C@H](Cc1ccccc1)NC(=O)OC(C)(C)C. The molecule has 0 aliphatic heterocycles. The van der Waals surface area contributed by atoms with Crippen molar-refractivity contribution in [3.8, 4) is 0 Å². The van der Waals surface area contributed by atoms with E-state index in [1.807, 2.05) is 30.3 Å². The zero-order valence-electron chi connectivity index (χ0n) is 29.7. The minimum Gasteiger partial charge on any atom is -0.444 e. The third-order valence-electron chi connectivity index (χ3n) is 8.53. The number of carbonyl (C=O) groups excluding carboxylic acids is 3. The maximum atomic E-state index is 14.0. The molecule has 3 amide bonds. The molecular formula is C35H56N6O8S. The Kier molecular flexibility index (Phi) is 16.2. The molecule has 15 heteroatoms. The van der Waals surface area contributed by atoms with Crippen LogP contribution < -0.4 is 20.7 Å². The molecule has 1 heterocycles. The molecule has 1 aromatic carbocycles. The average molecular weight is 721 g/mol. The minimum absolute atomic E-state index is 0.0378. The summed E-state index contributed by atoms with van der Waals surface area (Å²) >= 11 is 0. The molecule has 0 spiro atoms. The summed E-state index contributed by atoms with van der Waals surface area (Å²) in [6.07, 6.45) is 5.74. The number of benzene rings is 1. The van der Waals surface area contributed by atoms with Gasteiger partial charge in [-0.2, -0.15) is 0 Å². The van der Waals surface area contributed by atoms with Gasteiger partial charge in [-0.15, -0.1) is 0 Å². The highest BCUT2D eigenvalue weighted by Crippen LogP contribution is 2.28. The van der Waals surface area contributed by atoms with E-state index in [2.05, 4.69) is 30.6 Å². The minimum atomic E-state index is -3.56. The first-order valence-electron chi connectivity index (χ1n) is 17.6. The van der Waals surface area contributed by atoms with Gasteiger partial charge in [-0.05, 0) is 45.1 Å². The summed E-state index contributed by atoms with van der Waals surface area (Å²) in [5.41, 5.74) is 0.552. The summed E-state index contributed by atoms with van der Waals surface area (Å²) in [5.74, 6) is -1.02. The molecule has 7 N–H and O–H groups in total. The summed E-state index contributed by atoms with van der Waals surface area (Å²) in [6.45, 7) is 6.61. The van der Waals surface area contributed by atoms with Crippen molar-refractivity contribution in [3.63, 3.8) is 0 Å². The summed E-state index contributed by atoms with van der Waals surface area (Å²) in [6, 6.07) is 6.13. The quantitative estimate of drug-likeness (QED) is 0.113. The molecule has 1 fully saturated rings. The summed E-state index contributed by atoms with van der Waals surface area (Å²) < 4.78 is 32.0. The normalized spacial score (nSPS) is 17.2. The van der Waals surface area contributed by atoms with E-state index < -0.39 is 63.9 Å². The van der Waals surface area contributed by atoms with Crippen molar-refractivity contribution in [3.05, 3.63) is 54.1 Å². The zero-order valence-corrected chi connectivity index (χ0v) is 30.5. The van der Waals surface area contributed by atoms with Crippen LogP contribution in [0.1, 0.15) is 90.3 Å². The highest BCUT2D eigenvalue weighted by molar-refractivity contribution is 7.89. The van der Waals surface area contributed by atoms with Crippen LogP contribution in [0.2, 0.25) is 0 Å². The molecule has 0 unspecified atom stereocenters. The molecule has 1 saturated carbocycles.